The molecule has 1 atom stereocenters. The minimum atomic E-state index is -0.567. The quantitative estimate of drug-likeness (QED) is 0.237. The van der Waals surface area contributed by atoms with Crippen molar-refractivity contribution < 1.29 is 23.7 Å². The Bertz CT molecular complexity index is 1490. The number of benzene rings is 3. The summed E-state index contributed by atoms with van der Waals surface area (Å²) >= 11 is 5.12. The lowest BCUT2D eigenvalue weighted by molar-refractivity contribution is 0.0634. The Hall–Kier alpha value is -3.14. The van der Waals surface area contributed by atoms with Crippen LogP contribution in [0.3, 0.4) is 0 Å². The van der Waals surface area contributed by atoms with E-state index in [9.17, 15) is 4.79 Å². The van der Waals surface area contributed by atoms with E-state index in [-0.39, 0.29) is 12.4 Å². The highest BCUT2D eigenvalue weighted by atomic mass is 79.9. The van der Waals surface area contributed by atoms with Crippen LogP contribution in [0.1, 0.15) is 6.23 Å². The average molecular weight is 570 g/mol. The third-order valence-electron chi connectivity index (χ3n) is 5.98. The van der Waals surface area contributed by atoms with Gasteiger partial charge in [0.25, 0.3) is 5.56 Å². The minimum absolute atomic E-state index is 0.171. The largest absolute Gasteiger partial charge is 0.493 e. The van der Waals surface area contributed by atoms with E-state index in [1.807, 2.05) is 54.6 Å². The number of ether oxygens (including phenoxy) is 5. The first-order valence-electron chi connectivity index (χ1n) is 11.2. The molecule has 9 heteroatoms. The minimum Gasteiger partial charge on any atom is -0.493 e. The second-order valence-corrected chi connectivity index (χ2v) is 10.0. The van der Waals surface area contributed by atoms with Gasteiger partial charge in [0.2, 0.25) is 6.79 Å². The molecule has 36 heavy (non-hydrogen) atoms. The molecule has 0 fully saturated rings. The summed E-state index contributed by atoms with van der Waals surface area (Å²) in [6.07, 6.45) is -0.567. The van der Waals surface area contributed by atoms with Crippen LogP contribution in [0.4, 0.5) is 0 Å². The highest BCUT2D eigenvalue weighted by Crippen LogP contribution is 2.39. The molecular weight excluding hydrogens is 546 g/mol. The Morgan fingerprint density at radius 2 is 1.83 bits per heavy atom. The first-order valence-corrected chi connectivity index (χ1v) is 12.9. The van der Waals surface area contributed by atoms with E-state index < -0.39 is 6.23 Å². The van der Waals surface area contributed by atoms with E-state index in [2.05, 4.69) is 15.9 Å². The molecular formula is C27H24BrNO6S. The molecule has 186 valence electrons. The normalized spacial score (nSPS) is 13.1. The molecule has 0 saturated carbocycles. The van der Waals surface area contributed by atoms with E-state index in [4.69, 9.17) is 23.7 Å². The van der Waals surface area contributed by atoms with Gasteiger partial charge in [-0.1, -0.05) is 28.1 Å². The first-order chi connectivity index (χ1) is 17.5. The monoisotopic (exact) mass is 569 g/mol. The van der Waals surface area contributed by atoms with Crippen LogP contribution in [-0.2, 0) is 4.74 Å². The molecule has 0 aliphatic carbocycles. The van der Waals surface area contributed by atoms with Gasteiger partial charge in [0.05, 0.1) is 25.3 Å². The van der Waals surface area contributed by atoms with Gasteiger partial charge < -0.3 is 23.7 Å². The Morgan fingerprint density at radius 1 is 1.00 bits per heavy atom. The maximum absolute atomic E-state index is 14.1. The average Bonchev–Trinajstić information content (AvgIpc) is 3.37. The van der Waals surface area contributed by atoms with Gasteiger partial charge in [0, 0.05) is 27.8 Å². The van der Waals surface area contributed by atoms with Crippen molar-refractivity contribution in [1.29, 1.82) is 0 Å². The number of nitrogens with zero attached hydrogens (tertiary/aromatic N) is 1. The number of pyridine rings is 1. The lowest BCUT2D eigenvalue weighted by Gasteiger charge is -2.24. The lowest BCUT2D eigenvalue weighted by Crippen LogP contribution is -2.29. The van der Waals surface area contributed by atoms with Gasteiger partial charge in [-0.15, -0.1) is 11.8 Å². The molecule has 0 radical (unpaired) electrons. The van der Waals surface area contributed by atoms with Crippen molar-refractivity contribution in [3.8, 4) is 34.3 Å². The van der Waals surface area contributed by atoms with Gasteiger partial charge in [-0.3, -0.25) is 9.36 Å². The zero-order valence-corrected chi connectivity index (χ0v) is 22.4. The van der Waals surface area contributed by atoms with Crippen LogP contribution in [0.2, 0.25) is 0 Å². The number of thioether (sulfide) groups is 1. The number of rotatable bonds is 8. The summed E-state index contributed by atoms with van der Waals surface area (Å²) in [5, 5.41) is 1.16. The van der Waals surface area contributed by atoms with Gasteiger partial charge >= 0.3 is 0 Å². The fraction of sp³-hybridized carbons (Fsp3) is 0.222. The topological polar surface area (TPSA) is 68.2 Å². The lowest BCUT2D eigenvalue weighted by atomic mass is 10.0. The molecule has 1 aromatic heterocycles. The van der Waals surface area contributed by atoms with Gasteiger partial charge in [-0.25, -0.2) is 0 Å². The number of aromatic nitrogens is 1. The number of halogens is 1. The van der Waals surface area contributed by atoms with Gasteiger partial charge in [-0.2, -0.15) is 0 Å². The van der Waals surface area contributed by atoms with E-state index in [0.29, 0.717) is 39.8 Å². The zero-order valence-electron chi connectivity index (χ0n) is 19.9. The predicted molar refractivity (Wildman–Crippen MR) is 144 cm³/mol. The van der Waals surface area contributed by atoms with Crippen LogP contribution in [0, 0.1) is 0 Å². The van der Waals surface area contributed by atoms with Crippen molar-refractivity contribution in [2.45, 2.75) is 11.1 Å². The van der Waals surface area contributed by atoms with Crippen LogP contribution in [0.25, 0.3) is 22.0 Å². The molecule has 0 saturated heterocycles. The Morgan fingerprint density at radius 3 is 2.58 bits per heavy atom. The maximum Gasteiger partial charge on any atom is 0.264 e. The van der Waals surface area contributed by atoms with Crippen molar-refractivity contribution in [3.63, 3.8) is 0 Å². The molecule has 3 aromatic carbocycles. The third kappa shape index (κ3) is 4.54. The van der Waals surface area contributed by atoms with Crippen molar-refractivity contribution in [2.75, 3.05) is 33.9 Å². The summed E-state index contributed by atoms with van der Waals surface area (Å²) in [5.74, 6) is 2.69. The second-order valence-electron chi connectivity index (χ2n) is 8.00. The van der Waals surface area contributed by atoms with E-state index in [0.717, 1.165) is 20.3 Å². The molecule has 5 rings (SSSR count). The van der Waals surface area contributed by atoms with Crippen LogP contribution in [-0.4, -0.2) is 38.4 Å². The Balaban J connectivity index is 1.69. The Kier molecular flexibility index (Phi) is 7.13. The molecule has 1 aliphatic rings. The predicted octanol–water partition coefficient (Wildman–Crippen LogP) is 6.11. The number of hydrogen-bond acceptors (Lipinski definition) is 7. The highest BCUT2D eigenvalue weighted by molar-refractivity contribution is 9.10. The molecule has 2 heterocycles. The molecule has 4 aromatic rings. The molecule has 0 amide bonds. The standard InChI is InChI=1S/C27H24BrNO6S/c1-31-22-10-8-17-11-20(16-7-9-21-23(12-16)35-15-34-21)29(27(30)25(17)26(22)33-3)24(32-2)14-36-19-6-4-5-18(28)13-19/h4-13,24H,14-15H2,1-3H3. The van der Waals surface area contributed by atoms with Crippen LogP contribution in [0.15, 0.2) is 74.8 Å². The number of hydrogen-bond donors (Lipinski definition) is 0. The third-order valence-corrected chi connectivity index (χ3v) is 7.51. The fourth-order valence-electron chi connectivity index (χ4n) is 4.27. The van der Waals surface area contributed by atoms with Gasteiger partial charge in [0.15, 0.2) is 23.0 Å². The summed E-state index contributed by atoms with van der Waals surface area (Å²) in [6, 6.07) is 19.3. The molecule has 1 unspecified atom stereocenters. The fourth-order valence-corrected chi connectivity index (χ4v) is 5.82. The summed E-state index contributed by atoms with van der Waals surface area (Å²) in [7, 11) is 4.69. The molecule has 7 nitrogen and oxygen atoms in total. The van der Waals surface area contributed by atoms with Crippen molar-refractivity contribution in [2.24, 2.45) is 0 Å². The Labute approximate surface area is 221 Å². The summed E-state index contributed by atoms with van der Waals surface area (Å²) in [6.45, 7) is 0.171. The van der Waals surface area contributed by atoms with Crippen molar-refractivity contribution in [3.05, 3.63) is 75.5 Å². The first kappa shape index (κ1) is 24.5. The molecule has 1 aliphatic heterocycles. The smallest absolute Gasteiger partial charge is 0.264 e. The van der Waals surface area contributed by atoms with E-state index >= 15 is 0 Å². The summed E-state index contributed by atoms with van der Waals surface area (Å²) in [5.41, 5.74) is 1.26. The summed E-state index contributed by atoms with van der Waals surface area (Å²) < 4.78 is 30.7. The second kappa shape index (κ2) is 10.5. The molecule has 0 spiro atoms. The SMILES string of the molecule is COc1ccc2cc(-c3ccc4c(c3)OCO4)n(C(CSc3cccc(Br)c3)OC)c(=O)c2c1OC. The van der Waals surface area contributed by atoms with Crippen LogP contribution in [0.5, 0.6) is 23.0 Å². The highest BCUT2D eigenvalue weighted by Gasteiger charge is 2.24. The number of methoxy groups -OCH3 is 3. The van der Waals surface area contributed by atoms with Crippen molar-refractivity contribution >= 4 is 38.5 Å². The van der Waals surface area contributed by atoms with Crippen molar-refractivity contribution in [1.82, 2.24) is 4.57 Å². The van der Waals surface area contributed by atoms with Crippen LogP contribution < -0.4 is 24.5 Å². The molecule has 0 bridgehead atoms. The molecule has 0 N–H and O–H groups in total. The van der Waals surface area contributed by atoms with E-state index in [1.165, 1.54) is 7.11 Å². The van der Waals surface area contributed by atoms with Gasteiger partial charge in [0.1, 0.15) is 6.23 Å². The van der Waals surface area contributed by atoms with Gasteiger partial charge in [-0.05, 0) is 53.9 Å². The van der Waals surface area contributed by atoms with Crippen LogP contribution >= 0.6 is 27.7 Å². The zero-order chi connectivity index (χ0) is 25.2. The maximum atomic E-state index is 14.1. The van der Waals surface area contributed by atoms with E-state index in [1.54, 1.807) is 36.6 Å². The number of fused-ring (bicyclic) bond motifs is 2. The summed E-state index contributed by atoms with van der Waals surface area (Å²) in [4.78, 5) is 15.2.